The van der Waals surface area contributed by atoms with Gasteiger partial charge in [0.1, 0.15) is 11.6 Å². The first-order valence-electron chi connectivity index (χ1n) is 8.96. The van der Waals surface area contributed by atoms with Crippen molar-refractivity contribution in [3.63, 3.8) is 0 Å². The molecular formula is C19H26FN3O3. The molecule has 1 fully saturated rings. The minimum atomic E-state index is -0.577. The molecule has 26 heavy (non-hydrogen) atoms. The zero-order valence-corrected chi connectivity index (χ0v) is 15.1. The number of rotatable bonds is 8. The van der Waals surface area contributed by atoms with Crippen molar-refractivity contribution >= 4 is 0 Å². The van der Waals surface area contributed by atoms with E-state index in [4.69, 9.17) is 9.26 Å². The van der Waals surface area contributed by atoms with E-state index in [0.29, 0.717) is 12.1 Å². The molecule has 2 aromatic rings. The van der Waals surface area contributed by atoms with Crippen LogP contribution in [0.3, 0.4) is 0 Å². The van der Waals surface area contributed by atoms with Gasteiger partial charge in [0.2, 0.25) is 0 Å². The summed E-state index contributed by atoms with van der Waals surface area (Å²) >= 11 is 0. The number of halogens is 1. The summed E-state index contributed by atoms with van der Waals surface area (Å²) in [5.74, 6) is 0.553. The summed E-state index contributed by atoms with van der Waals surface area (Å²) in [6.07, 6.45) is -0.577. The highest BCUT2D eigenvalue weighted by Gasteiger charge is 2.20. The molecule has 1 saturated heterocycles. The third kappa shape index (κ3) is 5.60. The van der Waals surface area contributed by atoms with Crippen LogP contribution in [0.5, 0.6) is 0 Å². The third-order valence-corrected chi connectivity index (χ3v) is 4.52. The molecule has 0 amide bonds. The van der Waals surface area contributed by atoms with Crippen LogP contribution < -0.4 is 0 Å². The van der Waals surface area contributed by atoms with Crippen LogP contribution in [0.1, 0.15) is 17.0 Å². The van der Waals surface area contributed by atoms with Crippen LogP contribution in [0.15, 0.2) is 34.9 Å². The molecule has 0 spiro atoms. The second-order valence-electron chi connectivity index (χ2n) is 6.77. The quantitative estimate of drug-likeness (QED) is 0.772. The number of hydrogen-bond donors (Lipinski definition) is 1. The Kier molecular flexibility index (Phi) is 6.73. The Hall–Kier alpha value is -1.80. The van der Waals surface area contributed by atoms with Gasteiger partial charge in [0.25, 0.3) is 0 Å². The molecule has 1 unspecified atom stereocenters. The number of ether oxygens (including phenoxy) is 1. The Morgan fingerprint density at radius 2 is 1.96 bits per heavy atom. The van der Waals surface area contributed by atoms with E-state index in [1.165, 1.54) is 6.07 Å². The molecule has 0 aliphatic carbocycles. The zero-order valence-electron chi connectivity index (χ0n) is 15.1. The van der Waals surface area contributed by atoms with E-state index in [2.05, 4.69) is 15.0 Å². The molecule has 1 N–H and O–H groups in total. The highest BCUT2D eigenvalue weighted by atomic mass is 19.1. The van der Waals surface area contributed by atoms with E-state index in [1.807, 2.05) is 13.0 Å². The lowest BCUT2D eigenvalue weighted by Gasteiger charge is -2.35. The van der Waals surface area contributed by atoms with Crippen molar-refractivity contribution in [3.05, 3.63) is 53.2 Å². The highest BCUT2D eigenvalue weighted by molar-refractivity contribution is 5.16. The molecule has 1 aliphatic rings. The lowest BCUT2D eigenvalue weighted by Crippen LogP contribution is -2.48. The first-order chi connectivity index (χ1) is 12.6. The minimum absolute atomic E-state index is 0.175. The molecule has 0 bridgehead atoms. The van der Waals surface area contributed by atoms with Gasteiger partial charge < -0.3 is 14.4 Å². The van der Waals surface area contributed by atoms with Gasteiger partial charge in [-0.2, -0.15) is 0 Å². The number of aryl methyl sites for hydroxylation is 1. The molecule has 1 atom stereocenters. The number of aliphatic hydroxyl groups is 1. The molecule has 142 valence electrons. The number of piperazine rings is 1. The first kappa shape index (κ1) is 19.0. The molecule has 6 nitrogen and oxygen atoms in total. The van der Waals surface area contributed by atoms with Crippen molar-refractivity contribution in [2.45, 2.75) is 26.2 Å². The van der Waals surface area contributed by atoms with Gasteiger partial charge in [0, 0.05) is 50.9 Å². The van der Waals surface area contributed by atoms with E-state index in [0.717, 1.165) is 44.2 Å². The van der Waals surface area contributed by atoms with Crippen molar-refractivity contribution in [2.75, 3.05) is 39.3 Å². The average molecular weight is 363 g/mol. The molecule has 0 radical (unpaired) electrons. The van der Waals surface area contributed by atoms with Gasteiger partial charge >= 0.3 is 0 Å². The van der Waals surface area contributed by atoms with Gasteiger partial charge in [-0.15, -0.1) is 0 Å². The smallest absolute Gasteiger partial charge is 0.133 e. The Morgan fingerprint density at radius 3 is 2.65 bits per heavy atom. The van der Waals surface area contributed by atoms with Crippen molar-refractivity contribution in [2.24, 2.45) is 0 Å². The summed E-state index contributed by atoms with van der Waals surface area (Å²) in [6, 6.07) is 8.49. The summed E-state index contributed by atoms with van der Waals surface area (Å²) in [6.45, 7) is 7.25. The summed E-state index contributed by atoms with van der Waals surface area (Å²) < 4.78 is 24.1. The van der Waals surface area contributed by atoms with Crippen LogP contribution >= 0.6 is 0 Å². The fourth-order valence-corrected chi connectivity index (χ4v) is 3.12. The average Bonchev–Trinajstić information content (AvgIpc) is 3.03. The Labute approximate surface area is 153 Å². The highest BCUT2D eigenvalue weighted by Crippen LogP contribution is 2.10. The van der Waals surface area contributed by atoms with Gasteiger partial charge in [0.15, 0.2) is 0 Å². The van der Waals surface area contributed by atoms with Crippen LogP contribution in [0.2, 0.25) is 0 Å². The minimum Gasteiger partial charge on any atom is -0.389 e. The SMILES string of the molecule is Cc1cc(CN2CCN(CC(O)COCc3ccccc3F)CC2)no1. The van der Waals surface area contributed by atoms with Crippen molar-refractivity contribution in [3.8, 4) is 0 Å². The van der Waals surface area contributed by atoms with E-state index < -0.39 is 6.10 Å². The maximum atomic E-state index is 13.5. The summed E-state index contributed by atoms with van der Waals surface area (Å²) in [5, 5.41) is 14.2. The topological polar surface area (TPSA) is 62.0 Å². The standard InChI is InChI=1S/C19H26FN3O3/c1-15-10-17(21-26-15)11-22-6-8-23(9-7-22)12-18(24)14-25-13-16-4-2-3-5-19(16)20/h2-5,10,18,24H,6-9,11-14H2,1H3. The Balaban J connectivity index is 1.33. The van der Waals surface area contributed by atoms with Crippen molar-refractivity contribution in [1.82, 2.24) is 15.0 Å². The molecule has 1 aliphatic heterocycles. The van der Waals surface area contributed by atoms with E-state index >= 15 is 0 Å². The maximum absolute atomic E-state index is 13.5. The second kappa shape index (κ2) is 9.23. The van der Waals surface area contributed by atoms with E-state index in [9.17, 15) is 9.50 Å². The number of aromatic nitrogens is 1. The molecule has 7 heteroatoms. The number of benzene rings is 1. The number of β-amino-alcohol motifs (C(OH)–C–C–N with tert-alkyl or cyclic N) is 1. The van der Waals surface area contributed by atoms with Gasteiger partial charge in [-0.25, -0.2) is 4.39 Å². The van der Waals surface area contributed by atoms with Crippen LogP contribution in [0.4, 0.5) is 4.39 Å². The summed E-state index contributed by atoms with van der Waals surface area (Å²) in [5.41, 5.74) is 1.47. The number of nitrogens with zero attached hydrogens (tertiary/aromatic N) is 3. The van der Waals surface area contributed by atoms with Crippen LogP contribution in [0.25, 0.3) is 0 Å². The van der Waals surface area contributed by atoms with Gasteiger partial charge in [0.05, 0.1) is 25.0 Å². The summed E-state index contributed by atoms with van der Waals surface area (Å²) in [7, 11) is 0. The van der Waals surface area contributed by atoms with Crippen molar-refractivity contribution in [1.29, 1.82) is 0 Å². The van der Waals surface area contributed by atoms with Gasteiger partial charge in [-0.1, -0.05) is 23.4 Å². The zero-order chi connectivity index (χ0) is 18.4. The summed E-state index contributed by atoms with van der Waals surface area (Å²) in [4.78, 5) is 4.55. The monoisotopic (exact) mass is 363 g/mol. The molecule has 0 saturated carbocycles. The van der Waals surface area contributed by atoms with Crippen LogP contribution in [-0.2, 0) is 17.9 Å². The third-order valence-electron chi connectivity index (χ3n) is 4.52. The Morgan fingerprint density at radius 1 is 1.23 bits per heavy atom. The number of hydrogen-bond acceptors (Lipinski definition) is 6. The molecule has 2 heterocycles. The van der Waals surface area contributed by atoms with Gasteiger partial charge in [-0.3, -0.25) is 9.80 Å². The maximum Gasteiger partial charge on any atom is 0.133 e. The van der Waals surface area contributed by atoms with E-state index in [-0.39, 0.29) is 19.0 Å². The Bertz CT molecular complexity index is 686. The molecule has 1 aromatic carbocycles. The van der Waals surface area contributed by atoms with E-state index in [1.54, 1.807) is 18.2 Å². The molecular weight excluding hydrogens is 337 g/mol. The van der Waals surface area contributed by atoms with Crippen LogP contribution in [-0.4, -0.2) is 65.5 Å². The molecule has 1 aromatic heterocycles. The normalized spacial score (nSPS) is 17.5. The van der Waals surface area contributed by atoms with Gasteiger partial charge in [-0.05, 0) is 13.0 Å². The lowest BCUT2D eigenvalue weighted by atomic mass is 10.2. The van der Waals surface area contributed by atoms with Crippen LogP contribution in [0, 0.1) is 12.7 Å². The van der Waals surface area contributed by atoms with Crippen molar-refractivity contribution < 1.29 is 18.8 Å². The first-order valence-corrected chi connectivity index (χ1v) is 8.96. The predicted molar refractivity (Wildman–Crippen MR) is 95.0 cm³/mol. The second-order valence-corrected chi connectivity index (χ2v) is 6.77. The number of aliphatic hydroxyl groups excluding tert-OH is 1. The molecule has 3 rings (SSSR count). The predicted octanol–water partition coefficient (Wildman–Crippen LogP) is 1.82. The fourth-order valence-electron chi connectivity index (χ4n) is 3.12. The largest absolute Gasteiger partial charge is 0.389 e. The fraction of sp³-hybridized carbons (Fsp3) is 0.526. The lowest BCUT2D eigenvalue weighted by molar-refractivity contribution is 0.000132.